The third-order valence-electron chi connectivity index (χ3n) is 3.89. The first-order valence-electron chi connectivity index (χ1n) is 7.25. The van der Waals surface area contributed by atoms with Gasteiger partial charge in [0.1, 0.15) is 0 Å². The van der Waals surface area contributed by atoms with Crippen molar-refractivity contribution in [1.29, 1.82) is 0 Å². The summed E-state index contributed by atoms with van der Waals surface area (Å²) in [4.78, 5) is 0. The summed E-state index contributed by atoms with van der Waals surface area (Å²) in [5.74, 6) is 0. The molecule has 0 amide bonds. The molecule has 0 heterocycles. The minimum Gasteiger partial charge on any atom is -0.417 e. The van der Waals surface area contributed by atoms with E-state index >= 15 is 0 Å². The van der Waals surface area contributed by atoms with Gasteiger partial charge in [0, 0.05) is 6.61 Å². The summed E-state index contributed by atoms with van der Waals surface area (Å²) in [6.07, 6.45) is 6.77. The minimum atomic E-state index is -1.53. The molecule has 0 aliphatic heterocycles. The zero-order chi connectivity index (χ0) is 14.2. The maximum absolute atomic E-state index is 6.14. The van der Waals surface area contributed by atoms with Crippen LogP contribution in [0.2, 0.25) is 18.1 Å². The van der Waals surface area contributed by atoms with E-state index in [4.69, 9.17) is 4.43 Å². The van der Waals surface area contributed by atoms with Gasteiger partial charge in [-0.25, -0.2) is 0 Å². The smallest absolute Gasteiger partial charge is 0.191 e. The van der Waals surface area contributed by atoms with E-state index in [0.29, 0.717) is 5.04 Å². The van der Waals surface area contributed by atoms with E-state index in [1.54, 1.807) is 0 Å². The Morgan fingerprint density at radius 2 is 1.83 bits per heavy atom. The average molecular weight is 269 g/mol. The molecule has 0 fully saturated rings. The van der Waals surface area contributed by atoms with Crippen molar-refractivity contribution in [1.82, 2.24) is 0 Å². The molecule has 0 spiro atoms. The topological polar surface area (TPSA) is 9.23 Å². The molecule has 0 atom stereocenters. The molecule has 0 aromatic carbocycles. The molecule has 0 saturated carbocycles. The monoisotopic (exact) mass is 268 g/mol. The first kappa shape index (κ1) is 17.7. The van der Waals surface area contributed by atoms with Gasteiger partial charge in [-0.2, -0.15) is 0 Å². The molecule has 2 heteroatoms. The van der Waals surface area contributed by atoms with Crippen LogP contribution >= 0.6 is 0 Å². The third-order valence-corrected chi connectivity index (χ3v) is 8.43. The number of hydrogen-bond acceptors (Lipinski definition) is 1. The van der Waals surface area contributed by atoms with Crippen LogP contribution in [0.25, 0.3) is 0 Å². The Morgan fingerprint density at radius 1 is 1.22 bits per heavy atom. The summed E-state index contributed by atoms with van der Waals surface area (Å²) in [5.41, 5.74) is 4.66. The standard InChI is InChI=1S/C16H32OSi/c1-8-15(2)13-11-9-10-12-14-17-18(6,7)16(3,4)5/h11H,8-10,12,14H2,1-7H3. The number of hydrogen-bond donors (Lipinski definition) is 0. The second-order valence-electron chi connectivity index (χ2n) is 6.59. The normalized spacial score (nSPS) is 12.2. The van der Waals surface area contributed by atoms with Gasteiger partial charge >= 0.3 is 0 Å². The van der Waals surface area contributed by atoms with Crippen molar-refractivity contribution >= 4 is 8.32 Å². The first-order valence-corrected chi connectivity index (χ1v) is 10.2. The van der Waals surface area contributed by atoms with E-state index in [1.165, 1.54) is 12.0 Å². The largest absolute Gasteiger partial charge is 0.417 e. The lowest BCUT2D eigenvalue weighted by Crippen LogP contribution is -2.40. The fourth-order valence-corrected chi connectivity index (χ4v) is 2.33. The van der Waals surface area contributed by atoms with Crippen molar-refractivity contribution in [3.05, 3.63) is 17.4 Å². The van der Waals surface area contributed by atoms with Crippen LogP contribution in [-0.2, 0) is 4.43 Å². The number of unbranched alkanes of at least 4 members (excludes halogenated alkanes) is 2. The summed E-state index contributed by atoms with van der Waals surface area (Å²) < 4.78 is 6.14. The lowest BCUT2D eigenvalue weighted by molar-refractivity contribution is 0.279. The summed E-state index contributed by atoms with van der Waals surface area (Å²) in [5, 5.41) is 0.327. The highest BCUT2D eigenvalue weighted by atomic mass is 28.4. The maximum Gasteiger partial charge on any atom is 0.191 e. The molecular weight excluding hydrogens is 236 g/mol. The lowest BCUT2D eigenvalue weighted by Gasteiger charge is -2.36. The summed E-state index contributed by atoms with van der Waals surface area (Å²) >= 11 is 0. The first-order chi connectivity index (χ1) is 8.20. The second-order valence-corrected chi connectivity index (χ2v) is 11.4. The van der Waals surface area contributed by atoms with E-state index < -0.39 is 8.32 Å². The van der Waals surface area contributed by atoms with Crippen LogP contribution in [0.15, 0.2) is 17.4 Å². The number of allylic oxidation sites excluding steroid dienone is 1. The van der Waals surface area contributed by atoms with Crippen molar-refractivity contribution < 1.29 is 4.43 Å². The highest BCUT2D eigenvalue weighted by Gasteiger charge is 2.36. The van der Waals surface area contributed by atoms with Gasteiger partial charge < -0.3 is 4.43 Å². The maximum atomic E-state index is 6.14. The fourth-order valence-electron chi connectivity index (χ4n) is 1.24. The predicted molar refractivity (Wildman–Crippen MR) is 84.6 cm³/mol. The van der Waals surface area contributed by atoms with E-state index in [0.717, 1.165) is 25.9 Å². The van der Waals surface area contributed by atoms with Crippen molar-refractivity contribution in [2.75, 3.05) is 6.61 Å². The Labute approximate surface area is 115 Å². The molecule has 18 heavy (non-hydrogen) atoms. The average Bonchev–Trinajstić information content (AvgIpc) is 2.25. The van der Waals surface area contributed by atoms with Gasteiger partial charge in [0.15, 0.2) is 8.32 Å². The lowest BCUT2D eigenvalue weighted by atomic mass is 10.2. The summed E-state index contributed by atoms with van der Waals surface area (Å²) in [6.45, 7) is 16.7. The molecule has 0 N–H and O–H groups in total. The van der Waals surface area contributed by atoms with Gasteiger partial charge in [0.2, 0.25) is 0 Å². The molecule has 0 aromatic rings. The summed E-state index contributed by atoms with van der Waals surface area (Å²) in [6, 6.07) is 0. The van der Waals surface area contributed by atoms with Gasteiger partial charge in [-0.1, -0.05) is 27.7 Å². The van der Waals surface area contributed by atoms with Crippen LogP contribution in [0.1, 0.15) is 60.3 Å². The highest BCUT2D eigenvalue weighted by Crippen LogP contribution is 2.36. The molecule has 0 rings (SSSR count). The van der Waals surface area contributed by atoms with Crippen molar-refractivity contribution in [3.63, 3.8) is 0 Å². The molecule has 0 unspecified atom stereocenters. The van der Waals surface area contributed by atoms with E-state index in [1.807, 2.05) is 0 Å². The zero-order valence-corrected chi connectivity index (χ0v) is 14.5. The van der Waals surface area contributed by atoms with Crippen molar-refractivity contribution in [2.24, 2.45) is 0 Å². The fraction of sp³-hybridized carbons (Fsp3) is 0.812. The van der Waals surface area contributed by atoms with Crippen LogP contribution in [0, 0.1) is 0 Å². The van der Waals surface area contributed by atoms with Crippen LogP contribution in [-0.4, -0.2) is 14.9 Å². The van der Waals surface area contributed by atoms with Crippen LogP contribution in [0.4, 0.5) is 0 Å². The molecule has 0 bridgehead atoms. The zero-order valence-electron chi connectivity index (χ0n) is 13.5. The molecule has 0 aliphatic rings. The van der Waals surface area contributed by atoms with Crippen LogP contribution in [0.5, 0.6) is 0 Å². The van der Waals surface area contributed by atoms with E-state index in [-0.39, 0.29) is 0 Å². The van der Waals surface area contributed by atoms with E-state index in [2.05, 4.69) is 59.5 Å². The molecule has 1 nitrogen and oxygen atoms in total. The Balaban J connectivity index is 3.80. The van der Waals surface area contributed by atoms with Gasteiger partial charge in [-0.15, -0.1) is 5.73 Å². The molecular formula is C16H32OSi. The van der Waals surface area contributed by atoms with Crippen LogP contribution < -0.4 is 0 Å². The third kappa shape index (κ3) is 7.20. The Kier molecular flexibility index (Phi) is 7.85. The molecule has 0 aromatic heterocycles. The van der Waals surface area contributed by atoms with Gasteiger partial charge in [0.25, 0.3) is 0 Å². The minimum absolute atomic E-state index is 0.327. The molecule has 0 radical (unpaired) electrons. The van der Waals surface area contributed by atoms with Crippen molar-refractivity contribution in [2.45, 2.75) is 78.4 Å². The SMILES string of the molecule is CCC(C)=C=CCCCCO[Si](C)(C)C(C)(C)C. The Hall–Kier alpha value is -0.303. The molecule has 0 saturated heterocycles. The predicted octanol–water partition coefficient (Wildman–Crippen LogP) is 5.69. The second kappa shape index (κ2) is 7.99. The van der Waals surface area contributed by atoms with Crippen molar-refractivity contribution in [3.8, 4) is 0 Å². The Bertz CT molecular complexity index is 291. The quantitative estimate of drug-likeness (QED) is 0.327. The van der Waals surface area contributed by atoms with E-state index in [9.17, 15) is 0 Å². The van der Waals surface area contributed by atoms with Gasteiger partial charge in [-0.3, -0.25) is 0 Å². The van der Waals surface area contributed by atoms with Crippen LogP contribution in [0.3, 0.4) is 0 Å². The Morgan fingerprint density at radius 3 is 2.33 bits per heavy atom. The summed E-state index contributed by atoms with van der Waals surface area (Å²) in [7, 11) is -1.53. The van der Waals surface area contributed by atoms with Gasteiger partial charge in [-0.05, 0) is 62.4 Å². The number of rotatable bonds is 7. The highest BCUT2D eigenvalue weighted by molar-refractivity contribution is 6.74. The van der Waals surface area contributed by atoms with Gasteiger partial charge in [0.05, 0.1) is 0 Å². The molecule has 0 aliphatic carbocycles. The molecule has 106 valence electrons.